The maximum Gasteiger partial charge on any atom is 0.223 e. The van der Waals surface area contributed by atoms with Crippen molar-refractivity contribution in [3.05, 3.63) is 36.3 Å². The maximum absolute atomic E-state index is 13.5. The van der Waals surface area contributed by atoms with Gasteiger partial charge in [-0.15, -0.1) is 9.60 Å². The van der Waals surface area contributed by atoms with Gasteiger partial charge in [-0.3, -0.25) is 4.40 Å². The first kappa shape index (κ1) is 19.5. The molecular formula is C20H25FN6O2. The molecule has 1 saturated heterocycles. The molecule has 2 N–H and O–H groups in total. The molecule has 0 radical (unpaired) electrons. The highest BCUT2D eigenvalue weighted by atomic mass is 19.2. The van der Waals surface area contributed by atoms with Gasteiger partial charge in [0.2, 0.25) is 5.95 Å². The Bertz CT molecular complexity index is 1020. The van der Waals surface area contributed by atoms with Crippen molar-refractivity contribution in [3.8, 4) is 17.1 Å². The molecule has 3 aromatic rings. The number of hydrogen-bond donors (Lipinski definition) is 2. The molecule has 1 aliphatic rings. The Labute approximate surface area is 168 Å². The molecule has 3 aromatic heterocycles. The van der Waals surface area contributed by atoms with Crippen LogP contribution in [0.2, 0.25) is 0 Å². The van der Waals surface area contributed by atoms with Crippen LogP contribution in [0.25, 0.3) is 17.0 Å². The summed E-state index contributed by atoms with van der Waals surface area (Å²) in [6.07, 6.45) is 6.87. The minimum absolute atomic E-state index is 0.0303. The van der Waals surface area contributed by atoms with Crippen molar-refractivity contribution in [1.82, 2.24) is 24.5 Å². The molecule has 9 heteroatoms. The standard InChI is InChI=1S/C20H25FN6O2/c1-20(2,28)14-12-27-16(10-23-18(27)9-17(14)29-3)15-6-7-22-19(25-15)24-13-5-4-8-26(21)11-13/h6-7,9-10,12-13,28H,4-5,8,11H2,1-3H3,(H,22,24,25). The third-order valence-electron chi connectivity index (χ3n) is 5.11. The summed E-state index contributed by atoms with van der Waals surface area (Å²) in [6.45, 7) is 4.20. The zero-order chi connectivity index (χ0) is 20.6. The van der Waals surface area contributed by atoms with E-state index < -0.39 is 5.60 Å². The molecule has 154 valence electrons. The zero-order valence-corrected chi connectivity index (χ0v) is 16.8. The van der Waals surface area contributed by atoms with E-state index in [-0.39, 0.29) is 6.04 Å². The summed E-state index contributed by atoms with van der Waals surface area (Å²) in [4.78, 5) is 13.3. The van der Waals surface area contributed by atoms with Crippen LogP contribution in [0.5, 0.6) is 5.75 Å². The summed E-state index contributed by atoms with van der Waals surface area (Å²) in [7, 11) is 1.57. The molecule has 1 fully saturated rings. The first-order valence-corrected chi connectivity index (χ1v) is 9.64. The molecule has 1 atom stereocenters. The van der Waals surface area contributed by atoms with E-state index in [1.54, 1.807) is 45.5 Å². The molecule has 0 aliphatic carbocycles. The number of methoxy groups -OCH3 is 1. The number of aromatic nitrogens is 4. The highest BCUT2D eigenvalue weighted by Crippen LogP contribution is 2.32. The minimum Gasteiger partial charge on any atom is -0.496 e. The van der Waals surface area contributed by atoms with Gasteiger partial charge in [0, 0.05) is 43.2 Å². The van der Waals surface area contributed by atoms with Gasteiger partial charge in [0.25, 0.3) is 0 Å². The van der Waals surface area contributed by atoms with Crippen molar-refractivity contribution in [2.45, 2.75) is 38.3 Å². The molecule has 0 amide bonds. The van der Waals surface area contributed by atoms with E-state index in [0.717, 1.165) is 23.7 Å². The molecular weight excluding hydrogens is 375 g/mol. The zero-order valence-electron chi connectivity index (χ0n) is 16.8. The van der Waals surface area contributed by atoms with E-state index in [2.05, 4.69) is 20.3 Å². The fourth-order valence-corrected chi connectivity index (χ4v) is 3.63. The summed E-state index contributed by atoms with van der Waals surface area (Å²) in [5.41, 5.74) is 1.67. The number of piperidine rings is 1. The number of nitrogens with zero attached hydrogens (tertiary/aromatic N) is 5. The summed E-state index contributed by atoms with van der Waals surface area (Å²) in [6, 6.07) is 3.55. The molecule has 0 bridgehead atoms. The van der Waals surface area contributed by atoms with Crippen LogP contribution in [0, 0.1) is 0 Å². The van der Waals surface area contributed by atoms with Gasteiger partial charge < -0.3 is 15.2 Å². The minimum atomic E-state index is -1.08. The van der Waals surface area contributed by atoms with Crippen LogP contribution in [0.15, 0.2) is 30.7 Å². The molecule has 0 saturated carbocycles. The number of pyridine rings is 1. The second-order valence-electron chi connectivity index (χ2n) is 7.80. The molecule has 29 heavy (non-hydrogen) atoms. The van der Waals surface area contributed by atoms with Crippen LogP contribution in [0.1, 0.15) is 32.3 Å². The number of fused-ring (bicyclic) bond motifs is 1. The number of imidazole rings is 1. The second-order valence-corrected chi connectivity index (χ2v) is 7.80. The van der Waals surface area contributed by atoms with Gasteiger partial charge in [-0.1, -0.05) is 0 Å². The average Bonchev–Trinajstić information content (AvgIpc) is 3.09. The van der Waals surface area contributed by atoms with Crippen LogP contribution in [-0.2, 0) is 5.60 Å². The van der Waals surface area contributed by atoms with E-state index in [4.69, 9.17) is 4.74 Å². The first-order valence-electron chi connectivity index (χ1n) is 9.64. The van der Waals surface area contributed by atoms with E-state index in [0.29, 0.717) is 41.7 Å². The highest BCUT2D eigenvalue weighted by Gasteiger charge is 2.24. The number of nitrogens with one attached hydrogen (secondary N) is 1. The fraction of sp³-hybridized carbons (Fsp3) is 0.450. The number of ether oxygens (including phenoxy) is 1. The van der Waals surface area contributed by atoms with Crippen LogP contribution in [-0.4, -0.2) is 55.8 Å². The van der Waals surface area contributed by atoms with Gasteiger partial charge in [-0.05, 0) is 32.8 Å². The maximum atomic E-state index is 13.5. The Kier molecular flexibility index (Phi) is 5.10. The lowest BCUT2D eigenvalue weighted by Crippen LogP contribution is -2.38. The van der Waals surface area contributed by atoms with E-state index >= 15 is 0 Å². The predicted molar refractivity (Wildman–Crippen MR) is 107 cm³/mol. The van der Waals surface area contributed by atoms with E-state index in [1.807, 2.05) is 10.6 Å². The lowest BCUT2D eigenvalue weighted by Gasteiger charge is -2.27. The summed E-state index contributed by atoms with van der Waals surface area (Å²) < 4.78 is 20.8. The number of aliphatic hydroxyl groups is 1. The summed E-state index contributed by atoms with van der Waals surface area (Å²) >= 11 is 0. The Hall–Kier alpha value is -2.78. The van der Waals surface area contributed by atoms with Gasteiger partial charge in [-0.25, -0.2) is 15.0 Å². The Balaban J connectivity index is 1.69. The highest BCUT2D eigenvalue weighted by molar-refractivity contribution is 5.63. The second kappa shape index (κ2) is 7.57. The van der Waals surface area contributed by atoms with Gasteiger partial charge in [0.05, 0.1) is 30.3 Å². The van der Waals surface area contributed by atoms with Crippen molar-refractivity contribution >= 4 is 11.6 Å². The Morgan fingerprint density at radius 1 is 1.34 bits per heavy atom. The van der Waals surface area contributed by atoms with Crippen LogP contribution < -0.4 is 10.1 Å². The first-order chi connectivity index (χ1) is 13.8. The Morgan fingerprint density at radius 3 is 2.90 bits per heavy atom. The number of hydrogen-bond acceptors (Lipinski definition) is 7. The topological polar surface area (TPSA) is 87.8 Å². The summed E-state index contributed by atoms with van der Waals surface area (Å²) in [5, 5.41) is 14.6. The lowest BCUT2D eigenvalue weighted by molar-refractivity contribution is 0.00169. The smallest absolute Gasteiger partial charge is 0.223 e. The third-order valence-corrected chi connectivity index (χ3v) is 5.11. The SMILES string of the molecule is COc1cc2ncc(-c3ccnc(NC4CCCN(F)C4)n3)n2cc1C(C)(C)O. The number of halogens is 1. The van der Waals surface area contributed by atoms with Gasteiger partial charge in [-0.2, -0.15) is 0 Å². The molecule has 0 spiro atoms. The van der Waals surface area contributed by atoms with E-state index in [1.165, 1.54) is 0 Å². The molecule has 4 rings (SSSR count). The normalized spacial score (nSPS) is 18.2. The van der Waals surface area contributed by atoms with E-state index in [9.17, 15) is 9.59 Å². The number of anilines is 1. The van der Waals surface area contributed by atoms with Crippen molar-refractivity contribution in [1.29, 1.82) is 0 Å². The predicted octanol–water partition coefficient (Wildman–Crippen LogP) is 2.79. The molecule has 1 unspecified atom stereocenters. The average molecular weight is 400 g/mol. The molecule has 4 heterocycles. The molecule has 8 nitrogen and oxygen atoms in total. The van der Waals surface area contributed by atoms with Crippen LogP contribution in [0.3, 0.4) is 0 Å². The Morgan fingerprint density at radius 2 is 2.17 bits per heavy atom. The van der Waals surface area contributed by atoms with Gasteiger partial charge in [0.15, 0.2) is 0 Å². The van der Waals surface area contributed by atoms with Crippen LogP contribution >= 0.6 is 0 Å². The lowest BCUT2D eigenvalue weighted by atomic mass is 9.99. The van der Waals surface area contributed by atoms with Gasteiger partial charge >= 0.3 is 0 Å². The quantitative estimate of drug-likeness (QED) is 0.637. The summed E-state index contributed by atoms with van der Waals surface area (Å²) in [5.74, 6) is 1.02. The molecule has 0 aromatic carbocycles. The monoisotopic (exact) mass is 400 g/mol. The third kappa shape index (κ3) is 4.01. The van der Waals surface area contributed by atoms with Crippen molar-refractivity contribution in [2.75, 3.05) is 25.5 Å². The van der Waals surface area contributed by atoms with Crippen molar-refractivity contribution in [2.24, 2.45) is 0 Å². The fourth-order valence-electron chi connectivity index (χ4n) is 3.63. The largest absolute Gasteiger partial charge is 0.496 e. The van der Waals surface area contributed by atoms with Gasteiger partial charge in [0.1, 0.15) is 11.4 Å². The number of rotatable bonds is 5. The van der Waals surface area contributed by atoms with Crippen molar-refractivity contribution < 1.29 is 14.3 Å². The molecule has 1 aliphatic heterocycles. The van der Waals surface area contributed by atoms with Crippen molar-refractivity contribution in [3.63, 3.8) is 0 Å². The van der Waals surface area contributed by atoms with Crippen LogP contribution in [0.4, 0.5) is 10.4 Å².